The van der Waals surface area contributed by atoms with Gasteiger partial charge in [-0.1, -0.05) is 46.8 Å². The standard InChI is InChI=1S/C27H46O/c1-18(2)7-6-8-19(3)22-11-12-24-21-9-10-23-20(17-28)13-15-27(23,5)25(21)14-16-26(22,24)4/h6,8,18-25,28H,7,9-17H2,1-5H3. The molecule has 4 aliphatic rings. The third-order valence-electron chi connectivity index (χ3n) is 10.6. The monoisotopic (exact) mass is 386 g/mol. The molecule has 4 rings (SSSR count). The Hall–Kier alpha value is -0.300. The van der Waals surface area contributed by atoms with Gasteiger partial charge in [0.1, 0.15) is 0 Å². The maximum atomic E-state index is 9.90. The molecule has 0 aromatic rings. The van der Waals surface area contributed by atoms with Crippen molar-refractivity contribution in [3.05, 3.63) is 12.2 Å². The van der Waals surface area contributed by atoms with E-state index in [9.17, 15) is 5.11 Å². The Morgan fingerprint density at radius 3 is 2.25 bits per heavy atom. The van der Waals surface area contributed by atoms with E-state index in [4.69, 9.17) is 0 Å². The number of aliphatic hydroxyl groups is 1. The molecule has 0 radical (unpaired) electrons. The molecule has 0 spiro atoms. The number of aliphatic hydroxyl groups excluding tert-OH is 1. The zero-order valence-corrected chi connectivity index (χ0v) is 19.3. The molecule has 0 bridgehead atoms. The molecule has 4 fully saturated rings. The summed E-state index contributed by atoms with van der Waals surface area (Å²) < 4.78 is 0. The van der Waals surface area contributed by atoms with Crippen LogP contribution in [-0.4, -0.2) is 11.7 Å². The predicted octanol–water partition coefficient (Wildman–Crippen LogP) is 7.10. The smallest absolute Gasteiger partial charge is 0.0462 e. The fourth-order valence-electron chi connectivity index (χ4n) is 9.15. The van der Waals surface area contributed by atoms with Gasteiger partial charge in [-0.15, -0.1) is 0 Å². The van der Waals surface area contributed by atoms with E-state index in [0.29, 0.717) is 23.4 Å². The van der Waals surface area contributed by atoms with Crippen LogP contribution < -0.4 is 0 Å². The van der Waals surface area contributed by atoms with Gasteiger partial charge >= 0.3 is 0 Å². The summed E-state index contributed by atoms with van der Waals surface area (Å²) in [6.07, 6.45) is 17.6. The average molecular weight is 387 g/mol. The summed E-state index contributed by atoms with van der Waals surface area (Å²) in [5.74, 6) is 6.67. The molecule has 1 heteroatoms. The van der Waals surface area contributed by atoms with Crippen LogP contribution in [0.4, 0.5) is 0 Å². The van der Waals surface area contributed by atoms with Crippen molar-refractivity contribution in [3.8, 4) is 0 Å². The van der Waals surface area contributed by atoms with E-state index in [2.05, 4.69) is 46.8 Å². The summed E-state index contributed by atoms with van der Waals surface area (Å²) in [5.41, 5.74) is 1.10. The molecule has 0 aliphatic heterocycles. The van der Waals surface area contributed by atoms with E-state index in [1.165, 1.54) is 57.8 Å². The third kappa shape index (κ3) is 3.23. The summed E-state index contributed by atoms with van der Waals surface area (Å²) >= 11 is 0. The zero-order valence-electron chi connectivity index (χ0n) is 19.3. The molecule has 9 atom stereocenters. The minimum absolute atomic E-state index is 0.432. The highest BCUT2D eigenvalue weighted by Gasteiger charge is 2.61. The van der Waals surface area contributed by atoms with Crippen LogP contribution in [0.5, 0.6) is 0 Å². The first-order valence-corrected chi connectivity index (χ1v) is 12.6. The average Bonchev–Trinajstić information content (AvgIpc) is 3.17. The van der Waals surface area contributed by atoms with Gasteiger partial charge in [-0.05, 0) is 116 Å². The number of hydrogen-bond donors (Lipinski definition) is 1. The maximum Gasteiger partial charge on any atom is 0.0462 e. The minimum atomic E-state index is 0.432. The zero-order chi connectivity index (χ0) is 20.1. The quantitative estimate of drug-likeness (QED) is 0.499. The second kappa shape index (κ2) is 7.75. The lowest BCUT2D eigenvalue weighted by Gasteiger charge is -2.58. The van der Waals surface area contributed by atoms with Crippen molar-refractivity contribution in [1.29, 1.82) is 0 Å². The highest BCUT2D eigenvalue weighted by atomic mass is 16.3. The molecular formula is C27H46O. The second-order valence-electron chi connectivity index (χ2n) is 12.2. The van der Waals surface area contributed by atoms with Crippen molar-refractivity contribution < 1.29 is 5.11 Å². The largest absolute Gasteiger partial charge is 0.396 e. The molecule has 1 nitrogen and oxygen atoms in total. The molecule has 4 saturated carbocycles. The number of allylic oxidation sites excluding steroid dienone is 2. The van der Waals surface area contributed by atoms with Gasteiger partial charge in [-0.3, -0.25) is 0 Å². The SMILES string of the molecule is CC(C)CC=CC(C)C1CCC2C3CCC4C(CO)CCC4(C)C3CCC12C. The summed E-state index contributed by atoms with van der Waals surface area (Å²) in [6.45, 7) is 12.9. The van der Waals surface area contributed by atoms with E-state index in [-0.39, 0.29) is 0 Å². The van der Waals surface area contributed by atoms with Gasteiger partial charge in [0.25, 0.3) is 0 Å². The van der Waals surface area contributed by atoms with Crippen LogP contribution in [0.15, 0.2) is 12.2 Å². The van der Waals surface area contributed by atoms with Crippen molar-refractivity contribution in [3.63, 3.8) is 0 Å². The molecule has 0 heterocycles. The first-order chi connectivity index (χ1) is 13.3. The van der Waals surface area contributed by atoms with Crippen molar-refractivity contribution >= 4 is 0 Å². The van der Waals surface area contributed by atoms with E-state index < -0.39 is 0 Å². The third-order valence-corrected chi connectivity index (χ3v) is 10.6. The van der Waals surface area contributed by atoms with Crippen LogP contribution in [0.25, 0.3) is 0 Å². The number of hydrogen-bond acceptors (Lipinski definition) is 1. The van der Waals surface area contributed by atoms with Gasteiger partial charge in [-0.2, -0.15) is 0 Å². The van der Waals surface area contributed by atoms with Gasteiger partial charge in [0.15, 0.2) is 0 Å². The van der Waals surface area contributed by atoms with E-state index in [1.54, 1.807) is 0 Å². The second-order valence-corrected chi connectivity index (χ2v) is 12.2. The van der Waals surface area contributed by atoms with Crippen LogP contribution in [0.2, 0.25) is 0 Å². The lowest BCUT2D eigenvalue weighted by Crippen LogP contribution is -2.51. The van der Waals surface area contributed by atoms with Crippen molar-refractivity contribution in [1.82, 2.24) is 0 Å². The van der Waals surface area contributed by atoms with Gasteiger partial charge in [0.05, 0.1) is 0 Å². The Morgan fingerprint density at radius 2 is 1.54 bits per heavy atom. The van der Waals surface area contributed by atoms with Crippen molar-refractivity contribution in [2.75, 3.05) is 6.61 Å². The first-order valence-electron chi connectivity index (χ1n) is 12.6. The van der Waals surface area contributed by atoms with E-state index in [1.807, 2.05) is 0 Å². The molecule has 1 N–H and O–H groups in total. The van der Waals surface area contributed by atoms with Gasteiger partial charge < -0.3 is 5.11 Å². The topological polar surface area (TPSA) is 20.2 Å². The highest BCUT2D eigenvalue weighted by molar-refractivity contribution is 5.12. The summed E-state index contributed by atoms with van der Waals surface area (Å²) in [6, 6.07) is 0. The van der Waals surface area contributed by atoms with Crippen molar-refractivity contribution in [2.24, 2.45) is 58.2 Å². The van der Waals surface area contributed by atoms with Crippen molar-refractivity contribution in [2.45, 2.75) is 92.4 Å². The summed E-state index contributed by atoms with van der Waals surface area (Å²) in [7, 11) is 0. The fourth-order valence-corrected chi connectivity index (χ4v) is 9.15. The molecule has 0 aromatic carbocycles. The lowest BCUT2D eigenvalue weighted by molar-refractivity contribution is -0.0956. The molecule has 0 saturated heterocycles. The maximum absolute atomic E-state index is 9.90. The molecule has 28 heavy (non-hydrogen) atoms. The Balaban J connectivity index is 1.50. The summed E-state index contributed by atoms with van der Waals surface area (Å²) in [4.78, 5) is 0. The number of fused-ring (bicyclic) bond motifs is 5. The Bertz CT molecular complexity index is 579. The predicted molar refractivity (Wildman–Crippen MR) is 119 cm³/mol. The van der Waals surface area contributed by atoms with E-state index >= 15 is 0 Å². The number of rotatable bonds is 5. The van der Waals surface area contributed by atoms with Crippen LogP contribution >= 0.6 is 0 Å². The lowest BCUT2D eigenvalue weighted by atomic mass is 9.47. The van der Waals surface area contributed by atoms with Crippen LogP contribution in [-0.2, 0) is 0 Å². The molecule has 9 unspecified atom stereocenters. The molecule has 0 amide bonds. The normalized spacial score (nSPS) is 49.2. The van der Waals surface area contributed by atoms with Crippen LogP contribution in [0.3, 0.4) is 0 Å². The Morgan fingerprint density at radius 1 is 0.857 bits per heavy atom. The fraction of sp³-hybridized carbons (Fsp3) is 0.926. The molecule has 160 valence electrons. The Labute approximate surface area is 174 Å². The summed E-state index contributed by atoms with van der Waals surface area (Å²) in [5, 5.41) is 9.90. The Kier molecular flexibility index (Phi) is 5.80. The first kappa shape index (κ1) is 21.0. The molecule has 0 aromatic heterocycles. The van der Waals surface area contributed by atoms with Crippen LogP contribution in [0, 0.1) is 58.2 Å². The van der Waals surface area contributed by atoms with Gasteiger partial charge in [0.2, 0.25) is 0 Å². The molecular weight excluding hydrogens is 340 g/mol. The van der Waals surface area contributed by atoms with E-state index in [0.717, 1.165) is 41.4 Å². The highest BCUT2D eigenvalue weighted by Crippen LogP contribution is 2.69. The molecule has 4 aliphatic carbocycles. The van der Waals surface area contributed by atoms with Gasteiger partial charge in [-0.25, -0.2) is 0 Å². The van der Waals surface area contributed by atoms with Crippen LogP contribution in [0.1, 0.15) is 92.4 Å². The minimum Gasteiger partial charge on any atom is -0.396 e. The van der Waals surface area contributed by atoms with Gasteiger partial charge in [0, 0.05) is 6.61 Å².